The molecule has 0 saturated carbocycles. The molecule has 1 aliphatic rings. The molecule has 1 fully saturated rings. The molecule has 1 atom stereocenters. The maximum atomic E-state index is 12.6. The van der Waals surface area contributed by atoms with Gasteiger partial charge in [-0.3, -0.25) is 4.79 Å². The number of thiazole rings is 1. The summed E-state index contributed by atoms with van der Waals surface area (Å²) in [7, 11) is 0. The van der Waals surface area contributed by atoms with Crippen molar-refractivity contribution < 1.29 is 4.79 Å². The van der Waals surface area contributed by atoms with E-state index in [2.05, 4.69) is 4.98 Å². The van der Waals surface area contributed by atoms with E-state index in [1.54, 1.807) is 29.7 Å². The van der Waals surface area contributed by atoms with E-state index in [-0.39, 0.29) is 11.9 Å². The van der Waals surface area contributed by atoms with Crippen LogP contribution in [0.15, 0.2) is 35.8 Å². The molecule has 3 nitrogen and oxygen atoms in total. The summed E-state index contributed by atoms with van der Waals surface area (Å²) in [6.07, 6.45) is 3.78. The Morgan fingerprint density at radius 2 is 2.26 bits per heavy atom. The smallest absolute Gasteiger partial charge is 0.255 e. The molecule has 19 heavy (non-hydrogen) atoms. The van der Waals surface area contributed by atoms with Crippen molar-refractivity contribution in [1.82, 2.24) is 9.88 Å². The molecule has 1 unspecified atom stereocenters. The Balaban J connectivity index is 1.89. The summed E-state index contributed by atoms with van der Waals surface area (Å²) in [5.41, 5.74) is 0.577. The van der Waals surface area contributed by atoms with Crippen LogP contribution in [0.2, 0.25) is 5.02 Å². The van der Waals surface area contributed by atoms with Crippen molar-refractivity contribution in [2.24, 2.45) is 0 Å². The number of hydrogen-bond donors (Lipinski definition) is 0. The van der Waals surface area contributed by atoms with Crippen molar-refractivity contribution in [2.75, 3.05) is 6.54 Å². The Morgan fingerprint density at radius 3 is 3.00 bits per heavy atom. The average Bonchev–Trinajstić information content (AvgIpc) is 3.09. The SMILES string of the molecule is O=C(c1ccccc1Cl)N1CCCC1c1nccs1. The van der Waals surface area contributed by atoms with Crippen LogP contribution >= 0.6 is 22.9 Å². The van der Waals surface area contributed by atoms with Crippen molar-refractivity contribution >= 4 is 28.8 Å². The van der Waals surface area contributed by atoms with Crippen LogP contribution in [0.5, 0.6) is 0 Å². The molecule has 5 heteroatoms. The first-order chi connectivity index (χ1) is 9.27. The van der Waals surface area contributed by atoms with E-state index in [0.717, 1.165) is 24.4 Å². The lowest BCUT2D eigenvalue weighted by Gasteiger charge is -2.23. The van der Waals surface area contributed by atoms with Gasteiger partial charge in [0.2, 0.25) is 0 Å². The average molecular weight is 293 g/mol. The molecule has 2 aromatic rings. The molecule has 0 bridgehead atoms. The Labute approximate surface area is 120 Å². The van der Waals surface area contributed by atoms with E-state index in [1.807, 2.05) is 22.4 Å². The van der Waals surface area contributed by atoms with Crippen molar-refractivity contribution in [3.05, 3.63) is 51.4 Å². The molecule has 0 spiro atoms. The van der Waals surface area contributed by atoms with Gasteiger partial charge >= 0.3 is 0 Å². The summed E-state index contributed by atoms with van der Waals surface area (Å²) < 4.78 is 0. The molecule has 1 saturated heterocycles. The summed E-state index contributed by atoms with van der Waals surface area (Å²) in [5, 5.41) is 3.47. The first-order valence-electron chi connectivity index (χ1n) is 6.22. The van der Waals surface area contributed by atoms with Crippen LogP contribution in [0, 0.1) is 0 Å². The summed E-state index contributed by atoms with van der Waals surface area (Å²) in [6.45, 7) is 0.772. The van der Waals surface area contributed by atoms with Crippen molar-refractivity contribution in [3.8, 4) is 0 Å². The van der Waals surface area contributed by atoms with Crippen molar-refractivity contribution in [3.63, 3.8) is 0 Å². The molecular formula is C14H13ClN2OS. The fourth-order valence-electron chi connectivity index (χ4n) is 2.45. The number of carbonyl (C=O) groups excluding carboxylic acids is 1. The summed E-state index contributed by atoms with van der Waals surface area (Å²) in [4.78, 5) is 18.8. The minimum atomic E-state index is 0.00306. The fourth-order valence-corrected chi connectivity index (χ4v) is 3.46. The van der Waals surface area contributed by atoms with Gasteiger partial charge in [0.15, 0.2) is 0 Å². The molecule has 98 valence electrons. The second-order valence-corrected chi connectivity index (χ2v) is 5.84. The molecule has 3 rings (SSSR count). The van der Waals surface area contributed by atoms with Crippen LogP contribution in [0.3, 0.4) is 0 Å². The Hall–Kier alpha value is -1.39. The monoisotopic (exact) mass is 292 g/mol. The molecule has 1 aromatic carbocycles. The van der Waals surface area contributed by atoms with Crippen LogP contribution in [0.25, 0.3) is 0 Å². The minimum absolute atomic E-state index is 0.00306. The van der Waals surface area contributed by atoms with Crippen LogP contribution in [0.4, 0.5) is 0 Å². The zero-order chi connectivity index (χ0) is 13.2. The number of rotatable bonds is 2. The number of nitrogens with zero attached hydrogens (tertiary/aromatic N) is 2. The third-order valence-corrected chi connectivity index (χ3v) is 4.56. The normalized spacial score (nSPS) is 18.8. The van der Waals surface area contributed by atoms with Gasteiger partial charge in [0.1, 0.15) is 5.01 Å². The molecule has 1 amide bonds. The highest BCUT2D eigenvalue weighted by atomic mass is 35.5. The largest absolute Gasteiger partial charge is 0.329 e. The van der Waals surface area contributed by atoms with Gasteiger partial charge in [-0.2, -0.15) is 0 Å². The van der Waals surface area contributed by atoms with Gasteiger partial charge in [-0.15, -0.1) is 11.3 Å². The molecular weight excluding hydrogens is 280 g/mol. The van der Waals surface area contributed by atoms with Crippen LogP contribution in [-0.2, 0) is 0 Å². The molecule has 0 aliphatic carbocycles. The number of amides is 1. The van der Waals surface area contributed by atoms with E-state index >= 15 is 0 Å². The Bertz CT molecular complexity index is 585. The van der Waals surface area contributed by atoms with Crippen LogP contribution in [-0.4, -0.2) is 22.3 Å². The van der Waals surface area contributed by atoms with Crippen molar-refractivity contribution in [2.45, 2.75) is 18.9 Å². The summed E-state index contributed by atoms with van der Waals surface area (Å²) >= 11 is 7.71. The van der Waals surface area contributed by atoms with Gasteiger partial charge < -0.3 is 4.90 Å². The molecule has 2 heterocycles. The maximum Gasteiger partial charge on any atom is 0.255 e. The Morgan fingerprint density at radius 1 is 1.42 bits per heavy atom. The highest BCUT2D eigenvalue weighted by Gasteiger charge is 2.32. The van der Waals surface area contributed by atoms with Gasteiger partial charge in [-0.25, -0.2) is 4.98 Å². The Kier molecular flexibility index (Phi) is 3.53. The van der Waals surface area contributed by atoms with E-state index in [9.17, 15) is 4.79 Å². The van der Waals surface area contributed by atoms with Crippen molar-refractivity contribution in [1.29, 1.82) is 0 Å². The zero-order valence-corrected chi connectivity index (χ0v) is 11.8. The number of hydrogen-bond acceptors (Lipinski definition) is 3. The van der Waals surface area contributed by atoms with Gasteiger partial charge in [0, 0.05) is 18.1 Å². The maximum absolute atomic E-state index is 12.6. The first-order valence-corrected chi connectivity index (χ1v) is 7.48. The highest BCUT2D eigenvalue weighted by molar-refractivity contribution is 7.09. The molecule has 1 aliphatic heterocycles. The molecule has 0 N–H and O–H groups in total. The zero-order valence-electron chi connectivity index (χ0n) is 10.3. The fraction of sp³-hybridized carbons (Fsp3) is 0.286. The lowest BCUT2D eigenvalue weighted by atomic mass is 10.1. The van der Waals surface area contributed by atoms with Gasteiger partial charge in [-0.1, -0.05) is 23.7 Å². The van der Waals surface area contributed by atoms with E-state index < -0.39 is 0 Å². The number of benzene rings is 1. The van der Waals surface area contributed by atoms with Gasteiger partial charge in [0.05, 0.1) is 16.6 Å². The topological polar surface area (TPSA) is 33.2 Å². The predicted octanol–water partition coefficient (Wildman–Crippen LogP) is 3.77. The van der Waals surface area contributed by atoms with Gasteiger partial charge in [-0.05, 0) is 25.0 Å². The predicted molar refractivity (Wildman–Crippen MR) is 76.6 cm³/mol. The number of aromatic nitrogens is 1. The third-order valence-electron chi connectivity index (χ3n) is 3.35. The van der Waals surface area contributed by atoms with Gasteiger partial charge in [0.25, 0.3) is 5.91 Å². The summed E-state index contributed by atoms with van der Waals surface area (Å²) in [6, 6.07) is 7.31. The lowest BCUT2D eigenvalue weighted by molar-refractivity contribution is 0.0735. The summed E-state index contributed by atoms with van der Waals surface area (Å²) in [5.74, 6) is 0.00306. The van der Waals surface area contributed by atoms with E-state index in [1.165, 1.54) is 0 Å². The number of carbonyl (C=O) groups is 1. The number of halogens is 1. The standard InChI is InChI=1S/C14H13ClN2OS/c15-11-5-2-1-4-10(11)14(18)17-8-3-6-12(17)13-16-7-9-19-13/h1-2,4-5,7,9,12H,3,6,8H2. The van der Waals surface area contributed by atoms with Crippen LogP contribution in [0.1, 0.15) is 34.2 Å². The second kappa shape index (κ2) is 5.31. The molecule has 0 radical (unpaired) electrons. The molecule has 1 aromatic heterocycles. The number of likely N-dealkylation sites (tertiary alicyclic amines) is 1. The van der Waals surface area contributed by atoms with Crippen LogP contribution < -0.4 is 0 Å². The third kappa shape index (κ3) is 2.38. The lowest BCUT2D eigenvalue weighted by Crippen LogP contribution is -2.30. The first kappa shape index (κ1) is 12.6. The van der Waals surface area contributed by atoms with E-state index in [0.29, 0.717) is 10.6 Å². The quantitative estimate of drug-likeness (QED) is 0.844. The second-order valence-electron chi connectivity index (χ2n) is 4.51. The highest BCUT2D eigenvalue weighted by Crippen LogP contribution is 2.34. The minimum Gasteiger partial charge on any atom is -0.329 e. The van der Waals surface area contributed by atoms with E-state index in [4.69, 9.17) is 11.6 Å².